The summed E-state index contributed by atoms with van der Waals surface area (Å²) >= 11 is 6.09. The summed E-state index contributed by atoms with van der Waals surface area (Å²) in [5.74, 6) is 1.96. The molecule has 2 heterocycles. The zero-order valence-electron chi connectivity index (χ0n) is 11.8. The normalized spacial score (nSPS) is 11.1. The highest BCUT2D eigenvalue weighted by molar-refractivity contribution is 6.32. The molecule has 0 bridgehead atoms. The van der Waals surface area contributed by atoms with Gasteiger partial charge in [0, 0.05) is 6.54 Å². The van der Waals surface area contributed by atoms with E-state index in [-0.39, 0.29) is 10.6 Å². The first-order chi connectivity index (χ1) is 9.47. The summed E-state index contributed by atoms with van der Waals surface area (Å²) in [7, 11) is 0. The van der Waals surface area contributed by atoms with E-state index in [1.54, 1.807) is 6.20 Å². The predicted molar refractivity (Wildman–Crippen MR) is 79.1 cm³/mol. The fourth-order valence-corrected chi connectivity index (χ4v) is 2.04. The third-order valence-electron chi connectivity index (χ3n) is 2.77. The minimum absolute atomic E-state index is 0.156. The molecule has 0 aliphatic heterocycles. The van der Waals surface area contributed by atoms with Crippen molar-refractivity contribution in [3.05, 3.63) is 45.2 Å². The Kier molecular flexibility index (Phi) is 4.49. The second-order valence-electron chi connectivity index (χ2n) is 5.12. The molecule has 108 valence electrons. The van der Waals surface area contributed by atoms with Gasteiger partial charge in [0.05, 0.1) is 18.4 Å². The zero-order chi connectivity index (χ0) is 14.7. The maximum Gasteiger partial charge on any atom is 0.287 e. The van der Waals surface area contributed by atoms with Gasteiger partial charge in [-0.05, 0) is 25.0 Å². The van der Waals surface area contributed by atoms with Crippen LogP contribution in [0.1, 0.15) is 25.4 Å². The maximum absolute atomic E-state index is 12.0. The van der Waals surface area contributed by atoms with E-state index in [0.717, 1.165) is 11.5 Å². The number of furan rings is 1. The maximum atomic E-state index is 12.0. The third kappa shape index (κ3) is 3.42. The van der Waals surface area contributed by atoms with Crippen molar-refractivity contribution in [2.45, 2.75) is 33.9 Å². The zero-order valence-corrected chi connectivity index (χ0v) is 12.6. The van der Waals surface area contributed by atoms with Crippen molar-refractivity contribution >= 4 is 17.3 Å². The monoisotopic (exact) mass is 295 g/mol. The number of anilines is 1. The van der Waals surface area contributed by atoms with Crippen LogP contribution in [0.3, 0.4) is 0 Å². The minimum atomic E-state index is -0.277. The number of hydrogen-bond acceptors (Lipinski definition) is 4. The molecular weight excluding hydrogens is 278 g/mol. The van der Waals surface area contributed by atoms with E-state index < -0.39 is 0 Å². The van der Waals surface area contributed by atoms with Crippen molar-refractivity contribution in [2.24, 2.45) is 5.92 Å². The average molecular weight is 296 g/mol. The van der Waals surface area contributed by atoms with Crippen LogP contribution < -0.4 is 10.9 Å². The largest absolute Gasteiger partial charge is 0.465 e. The lowest BCUT2D eigenvalue weighted by atomic mass is 10.2. The van der Waals surface area contributed by atoms with Crippen LogP contribution in [-0.2, 0) is 13.1 Å². The SMILES string of the molecule is Cc1ccc(CNc2cnn(CC(C)C)c(=O)c2Cl)o1. The summed E-state index contributed by atoms with van der Waals surface area (Å²) in [6.45, 7) is 6.94. The van der Waals surface area contributed by atoms with E-state index in [2.05, 4.69) is 10.4 Å². The van der Waals surface area contributed by atoms with E-state index in [4.69, 9.17) is 16.0 Å². The van der Waals surface area contributed by atoms with Crippen LogP contribution in [0, 0.1) is 12.8 Å². The highest BCUT2D eigenvalue weighted by atomic mass is 35.5. The fraction of sp³-hybridized carbons (Fsp3) is 0.429. The Hall–Kier alpha value is -1.75. The van der Waals surface area contributed by atoms with Gasteiger partial charge in [-0.15, -0.1) is 0 Å². The molecule has 0 saturated carbocycles. The Balaban J connectivity index is 2.13. The third-order valence-corrected chi connectivity index (χ3v) is 3.14. The molecule has 0 aliphatic carbocycles. The number of nitrogens with one attached hydrogen (secondary N) is 1. The lowest BCUT2D eigenvalue weighted by molar-refractivity contribution is 0.464. The van der Waals surface area contributed by atoms with Gasteiger partial charge in [0.25, 0.3) is 5.56 Å². The van der Waals surface area contributed by atoms with Crippen LogP contribution >= 0.6 is 11.6 Å². The molecule has 5 nitrogen and oxygen atoms in total. The van der Waals surface area contributed by atoms with Gasteiger partial charge in [-0.3, -0.25) is 4.79 Å². The second-order valence-corrected chi connectivity index (χ2v) is 5.50. The number of halogens is 1. The molecule has 2 aromatic rings. The van der Waals surface area contributed by atoms with Crippen LogP contribution in [0.2, 0.25) is 5.02 Å². The van der Waals surface area contributed by atoms with Crippen LogP contribution in [0.4, 0.5) is 5.69 Å². The van der Waals surface area contributed by atoms with Gasteiger partial charge in [0.1, 0.15) is 16.5 Å². The molecule has 2 rings (SSSR count). The lowest BCUT2D eigenvalue weighted by Gasteiger charge is -2.10. The number of hydrogen-bond donors (Lipinski definition) is 1. The number of aryl methyl sites for hydroxylation is 1. The molecule has 1 N–H and O–H groups in total. The van der Waals surface area contributed by atoms with E-state index in [0.29, 0.717) is 24.7 Å². The summed E-state index contributed by atoms with van der Waals surface area (Å²) < 4.78 is 6.83. The van der Waals surface area contributed by atoms with Gasteiger partial charge < -0.3 is 9.73 Å². The van der Waals surface area contributed by atoms with Crippen molar-refractivity contribution in [1.29, 1.82) is 0 Å². The number of rotatable bonds is 5. The minimum Gasteiger partial charge on any atom is -0.465 e. The van der Waals surface area contributed by atoms with Gasteiger partial charge in [-0.1, -0.05) is 25.4 Å². The van der Waals surface area contributed by atoms with E-state index in [1.165, 1.54) is 4.68 Å². The van der Waals surface area contributed by atoms with Crippen LogP contribution in [-0.4, -0.2) is 9.78 Å². The summed E-state index contributed by atoms with van der Waals surface area (Å²) in [6, 6.07) is 3.77. The Bertz CT molecular complexity index is 646. The molecule has 0 saturated heterocycles. The van der Waals surface area contributed by atoms with Crippen molar-refractivity contribution in [2.75, 3.05) is 5.32 Å². The lowest BCUT2D eigenvalue weighted by Crippen LogP contribution is -2.26. The molecule has 0 aliphatic rings. The fourth-order valence-electron chi connectivity index (χ4n) is 1.83. The molecule has 20 heavy (non-hydrogen) atoms. The van der Waals surface area contributed by atoms with Gasteiger partial charge >= 0.3 is 0 Å². The Morgan fingerprint density at radius 2 is 2.20 bits per heavy atom. The summed E-state index contributed by atoms with van der Waals surface area (Å²) in [5, 5.41) is 7.34. The molecule has 6 heteroatoms. The Morgan fingerprint density at radius 3 is 2.80 bits per heavy atom. The van der Waals surface area contributed by atoms with Crippen LogP contribution in [0.5, 0.6) is 0 Å². The molecule has 0 amide bonds. The summed E-state index contributed by atoms with van der Waals surface area (Å²) in [5.41, 5.74) is 0.242. The highest BCUT2D eigenvalue weighted by Crippen LogP contribution is 2.17. The van der Waals surface area contributed by atoms with Crippen molar-refractivity contribution in [1.82, 2.24) is 9.78 Å². The summed E-state index contributed by atoms with van der Waals surface area (Å²) in [4.78, 5) is 12.0. The molecule has 0 spiro atoms. The molecule has 2 aromatic heterocycles. The van der Waals surface area contributed by atoms with Gasteiger partial charge in [-0.25, -0.2) is 4.68 Å². The smallest absolute Gasteiger partial charge is 0.287 e. The first-order valence-electron chi connectivity index (χ1n) is 6.52. The van der Waals surface area contributed by atoms with Crippen LogP contribution in [0.15, 0.2) is 27.5 Å². The Morgan fingerprint density at radius 1 is 1.45 bits per heavy atom. The molecule has 0 unspecified atom stereocenters. The topological polar surface area (TPSA) is 60.1 Å². The second kappa shape index (κ2) is 6.13. The van der Waals surface area contributed by atoms with Crippen molar-refractivity contribution in [3.8, 4) is 0 Å². The molecule has 0 atom stereocenters. The van der Waals surface area contributed by atoms with Crippen LogP contribution in [0.25, 0.3) is 0 Å². The van der Waals surface area contributed by atoms with Gasteiger partial charge in [-0.2, -0.15) is 5.10 Å². The standard InChI is InChI=1S/C14H18ClN3O2/c1-9(2)8-18-14(19)13(15)12(7-17-18)16-6-11-5-4-10(3)20-11/h4-5,7,9,16H,6,8H2,1-3H3. The van der Waals surface area contributed by atoms with E-state index in [9.17, 15) is 4.79 Å². The number of nitrogens with zero attached hydrogens (tertiary/aromatic N) is 2. The van der Waals surface area contributed by atoms with Gasteiger partial charge in [0.15, 0.2) is 0 Å². The first kappa shape index (κ1) is 14.7. The first-order valence-corrected chi connectivity index (χ1v) is 6.90. The molecular formula is C14H18ClN3O2. The molecule has 0 fully saturated rings. The van der Waals surface area contributed by atoms with Crippen molar-refractivity contribution in [3.63, 3.8) is 0 Å². The molecule has 0 aromatic carbocycles. The van der Waals surface area contributed by atoms with Crippen molar-refractivity contribution < 1.29 is 4.42 Å². The van der Waals surface area contributed by atoms with E-state index in [1.807, 2.05) is 32.9 Å². The summed E-state index contributed by atoms with van der Waals surface area (Å²) in [6.07, 6.45) is 1.57. The van der Waals surface area contributed by atoms with Gasteiger partial charge in [0.2, 0.25) is 0 Å². The number of aromatic nitrogens is 2. The quantitative estimate of drug-likeness (QED) is 0.921. The van der Waals surface area contributed by atoms with E-state index >= 15 is 0 Å². The predicted octanol–water partition coefficient (Wildman–Crippen LogP) is 3.07. The molecule has 0 radical (unpaired) electrons. The Labute approximate surface area is 122 Å². The highest BCUT2D eigenvalue weighted by Gasteiger charge is 2.10. The average Bonchev–Trinajstić information content (AvgIpc) is 2.79.